The van der Waals surface area contributed by atoms with Gasteiger partial charge in [-0.3, -0.25) is 4.90 Å². The van der Waals surface area contributed by atoms with Crippen LogP contribution in [0.25, 0.3) is 0 Å². The number of rotatable bonds is 6. The second kappa shape index (κ2) is 8.06. The summed E-state index contributed by atoms with van der Waals surface area (Å²) in [5, 5.41) is 3.30. The van der Waals surface area contributed by atoms with Crippen LogP contribution in [0.4, 0.5) is 5.82 Å². The van der Waals surface area contributed by atoms with Gasteiger partial charge in [-0.2, -0.15) is 0 Å². The molecule has 1 fully saturated rings. The molecule has 0 aromatic carbocycles. The molecule has 1 saturated heterocycles. The van der Waals surface area contributed by atoms with Crippen molar-refractivity contribution in [1.29, 1.82) is 0 Å². The lowest BCUT2D eigenvalue weighted by Gasteiger charge is -2.32. The van der Waals surface area contributed by atoms with Crippen molar-refractivity contribution in [1.82, 2.24) is 14.9 Å². The monoisotopic (exact) mass is 356 g/mol. The average Bonchev–Trinajstić information content (AvgIpc) is 2.50. The number of anilines is 1. The minimum absolute atomic E-state index is 0.0268. The molecule has 2 heterocycles. The third-order valence-corrected chi connectivity index (χ3v) is 4.43. The van der Waals surface area contributed by atoms with Gasteiger partial charge < -0.3 is 10.1 Å². The van der Waals surface area contributed by atoms with Crippen LogP contribution in [-0.4, -0.2) is 47.7 Å². The number of hydrogen-bond donors (Lipinski definition) is 1. The first-order valence-corrected chi connectivity index (χ1v) is 8.62. The maximum absolute atomic E-state index is 5.90. The van der Waals surface area contributed by atoms with E-state index in [1.165, 1.54) is 0 Å². The molecular formula is C15H25BrN4O. The van der Waals surface area contributed by atoms with Crippen LogP contribution in [0.5, 0.6) is 0 Å². The van der Waals surface area contributed by atoms with Crippen LogP contribution in [0, 0.1) is 0 Å². The van der Waals surface area contributed by atoms with Gasteiger partial charge in [-0.25, -0.2) is 9.97 Å². The van der Waals surface area contributed by atoms with E-state index in [2.05, 4.69) is 51.9 Å². The zero-order valence-corrected chi connectivity index (χ0v) is 14.7. The van der Waals surface area contributed by atoms with Crippen LogP contribution in [-0.2, 0) is 11.2 Å². The molecule has 5 nitrogen and oxygen atoms in total. The summed E-state index contributed by atoms with van der Waals surface area (Å²) in [5.74, 6) is 1.67. The van der Waals surface area contributed by atoms with Gasteiger partial charge in [0.05, 0.1) is 16.8 Å². The Labute approximate surface area is 135 Å². The molecule has 0 bridgehead atoms. The minimum Gasteiger partial charge on any atom is -0.369 e. The lowest BCUT2D eigenvalue weighted by Crippen LogP contribution is -2.39. The lowest BCUT2D eigenvalue weighted by molar-refractivity contribution is -0.0342. The molecule has 1 aromatic rings. The lowest BCUT2D eigenvalue weighted by atomic mass is 10.2. The number of nitrogens with one attached hydrogen (secondary N) is 1. The molecule has 0 saturated carbocycles. The fourth-order valence-corrected chi connectivity index (χ4v) is 3.15. The highest BCUT2D eigenvalue weighted by atomic mass is 79.9. The maximum atomic E-state index is 5.90. The van der Waals surface area contributed by atoms with Gasteiger partial charge in [0, 0.05) is 19.6 Å². The summed E-state index contributed by atoms with van der Waals surface area (Å²) in [7, 11) is 0. The molecule has 1 unspecified atom stereocenters. The fourth-order valence-electron chi connectivity index (χ4n) is 2.55. The highest BCUT2D eigenvalue weighted by molar-refractivity contribution is 9.10. The van der Waals surface area contributed by atoms with Crippen LogP contribution in [0.2, 0.25) is 0 Å². The van der Waals surface area contributed by atoms with Crippen LogP contribution in [0.1, 0.15) is 44.8 Å². The molecule has 2 rings (SSSR count). The number of ether oxygens (including phenoxy) is 1. The Bertz CT molecular complexity index is 467. The number of aromatic nitrogens is 2. The Kier molecular flexibility index (Phi) is 6.39. The van der Waals surface area contributed by atoms with E-state index in [0.29, 0.717) is 0 Å². The van der Waals surface area contributed by atoms with Crippen LogP contribution >= 0.6 is 15.9 Å². The quantitative estimate of drug-likeness (QED) is 0.848. The Hall–Kier alpha value is -0.720. The molecule has 0 aliphatic carbocycles. The number of morpholine rings is 1. The van der Waals surface area contributed by atoms with Gasteiger partial charge in [-0.1, -0.05) is 13.8 Å². The normalized spacial score (nSPS) is 19.7. The van der Waals surface area contributed by atoms with E-state index in [1.54, 1.807) is 0 Å². The van der Waals surface area contributed by atoms with Gasteiger partial charge in [-0.15, -0.1) is 0 Å². The largest absolute Gasteiger partial charge is 0.369 e. The van der Waals surface area contributed by atoms with Crippen molar-refractivity contribution in [3.63, 3.8) is 0 Å². The Morgan fingerprint density at radius 3 is 2.81 bits per heavy atom. The number of halogens is 1. The fraction of sp³-hybridized carbons (Fsp3) is 0.733. The molecule has 1 aromatic heterocycles. The summed E-state index contributed by atoms with van der Waals surface area (Å²) in [6.45, 7) is 11.0. The summed E-state index contributed by atoms with van der Waals surface area (Å²) in [6, 6.07) is 0. The molecule has 0 amide bonds. The second-order valence-corrected chi connectivity index (χ2v) is 6.03. The number of hydrogen-bond acceptors (Lipinski definition) is 5. The Balaban J connectivity index is 2.23. The molecule has 0 spiro atoms. The molecule has 118 valence electrons. The van der Waals surface area contributed by atoms with Crippen molar-refractivity contribution in [3.05, 3.63) is 16.0 Å². The van der Waals surface area contributed by atoms with Gasteiger partial charge >= 0.3 is 0 Å². The van der Waals surface area contributed by atoms with E-state index >= 15 is 0 Å². The van der Waals surface area contributed by atoms with Crippen molar-refractivity contribution in [3.8, 4) is 0 Å². The average molecular weight is 357 g/mol. The van der Waals surface area contributed by atoms with Gasteiger partial charge in [0.15, 0.2) is 5.82 Å². The van der Waals surface area contributed by atoms with Crippen LogP contribution in [0.3, 0.4) is 0 Å². The molecule has 1 aliphatic rings. The number of aryl methyl sites for hydroxylation is 1. The summed E-state index contributed by atoms with van der Waals surface area (Å²) in [6.07, 6.45) is 2.01. The highest BCUT2D eigenvalue weighted by Gasteiger charge is 2.25. The van der Waals surface area contributed by atoms with E-state index in [-0.39, 0.29) is 6.10 Å². The summed E-state index contributed by atoms with van der Waals surface area (Å²) >= 11 is 3.60. The van der Waals surface area contributed by atoms with Crippen molar-refractivity contribution in [2.24, 2.45) is 0 Å². The maximum Gasteiger partial charge on any atom is 0.161 e. The summed E-state index contributed by atoms with van der Waals surface area (Å²) < 4.78 is 6.87. The molecule has 6 heteroatoms. The third-order valence-electron chi connectivity index (χ3n) is 3.59. The van der Waals surface area contributed by atoms with Crippen LogP contribution < -0.4 is 5.32 Å². The van der Waals surface area contributed by atoms with Gasteiger partial charge in [0.1, 0.15) is 11.9 Å². The van der Waals surface area contributed by atoms with Crippen molar-refractivity contribution in [2.45, 2.75) is 39.7 Å². The first-order chi connectivity index (χ1) is 10.2. The predicted molar refractivity (Wildman–Crippen MR) is 88.7 cm³/mol. The molecule has 0 radical (unpaired) electrons. The van der Waals surface area contributed by atoms with Gasteiger partial charge in [0.25, 0.3) is 0 Å². The van der Waals surface area contributed by atoms with E-state index in [4.69, 9.17) is 9.72 Å². The second-order valence-electron chi connectivity index (χ2n) is 5.24. The van der Waals surface area contributed by atoms with E-state index in [0.717, 1.165) is 67.4 Å². The predicted octanol–water partition coefficient (Wildman–Crippen LogP) is 3.02. The first kappa shape index (κ1) is 16.6. The van der Waals surface area contributed by atoms with E-state index in [1.807, 2.05) is 0 Å². The molecule has 21 heavy (non-hydrogen) atoms. The van der Waals surface area contributed by atoms with Crippen molar-refractivity contribution in [2.75, 3.05) is 38.1 Å². The minimum atomic E-state index is -0.0268. The molecule has 1 aliphatic heterocycles. The van der Waals surface area contributed by atoms with Crippen molar-refractivity contribution < 1.29 is 4.74 Å². The van der Waals surface area contributed by atoms with Crippen molar-refractivity contribution >= 4 is 21.7 Å². The zero-order valence-electron chi connectivity index (χ0n) is 13.2. The third kappa shape index (κ3) is 4.14. The van der Waals surface area contributed by atoms with Gasteiger partial charge in [0.2, 0.25) is 0 Å². The van der Waals surface area contributed by atoms with Gasteiger partial charge in [-0.05, 0) is 42.2 Å². The Morgan fingerprint density at radius 1 is 1.33 bits per heavy atom. The summed E-state index contributed by atoms with van der Waals surface area (Å²) in [4.78, 5) is 11.8. The van der Waals surface area contributed by atoms with E-state index < -0.39 is 0 Å². The number of nitrogens with zero attached hydrogens (tertiary/aromatic N) is 3. The zero-order chi connectivity index (χ0) is 15.2. The SMILES string of the molecule is CCCN1CCOC(c2nc(CC)c(Br)c(NCC)n2)C1. The molecular weight excluding hydrogens is 332 g/mol. The van der Waals surface area contributed by atoms with E-state index in [9.17, 15) is 0 Å². The molecule has 1 atom stereocenters. The highest BCUT2D eigenvalue weighted by Crippen LogP contribution is 2.28. The first-order valence-electron chi connectivity index (χ1n) is 7.83. The Morgan fingerprint density at radius 2 is 2.14 bits per heavy atom. The standard InChI is InChI=1S/C15H25BrN4O/c1-4-7-20-8-9-21-12(10-20)14-18-11(5-2)13(16)15(19-14)17-6-3/h12H,4-10H2,1-3H3,(H,17,18,19). The molecule has 1 N–H and O–H groups in total. The van der Waals surface area contributed by atoms with Crippen LogP contribution in [0.15, 0.2) is 4.47 Å². The topological polar surface area (TPSA) is 50.3 Å². The summed E-state index contributed by atoms with van der Waals surface area (Å²) in [5.41, 5.74) is 1.03. The smallest absolute Gasteiger partial charge is 0.161 e.